The number of allylic oxidation sites excluding steroid dienone is 2. The van der Waals surface area contributed by atoms with Crippen LogP contribution in [0, 0.1) is 16.9 Å². The van der Waals surface area contributed by atoms with E-state index < -0.39 is 0 Å². The summed E-state index contributed by atoms with van der Waals surface area (Å²) in [5.41, 5.74) is 4.36. The predicted octanol–water partition coefficient (Wildman–Crippen LogP) is 12.1. The molecule has 0 aliphatic carbocycles. The van der Waals surface area contributed by atoms with Gasteiger partial charge in [0.15, 0.2) is 5.78 Å². The molecule has 0 aliphatic heterocycles. The average Bonchev–Trinajstić information content (AvgIpc) is 3.52. The van der Waals surface area contributed by atoms with Gasteiger partial charge in [0.1, 0.15) is 17.1 Å². The average molecular weight is 809 g/mol. The Labute approximate surface area is 295 Å². The van der Waals surface area contributed by atoms with Gasteiger partial charge in [-0.1, -0.05) is 122 Å². The molecule has 4 nitrogen and oxygen atoms in total. The van der Waals surface area contributed by atoms with Gasteiger partial charge in [0.25, 0.3) is 0 Å². The first-order valence-corrected chi connectivity index (χ1v) is 16.7. The molecule has 2 heterocycles. The van der Waals surface area contributed by atoms with Gasteiger partial charge in [-0.3, -0.25) is 9.78 Å². The Morgan fingerprint density at radius 3 is 2.02 bits per heavy atom. The number of ketones is 1. The first-order chi connectivity index (χ1) is 21.8. The van der Waals surface area contributed by atoms with Crippen molar-refractivity contribution in [1.29, 1.82) is 0 Å². The number of pyridine rings is 1. The van der Waals surface area contributed by atoms with Crippen LogP contribution in [0.3, 0.4) is 0 Å². The zero-order valence-electron chi connectivity index (χ0n) is 29.5. The van der Waals surface area contributed by atoms with Crippen LogP contribution in [0.25, 0.3) is 44.3 Å². The fraction of sp³-hybridized carbons (Fsp3) is 0.381. The molecule has 1 N–H and O–H groups in total. The molecule has 0 spiro atoms. The third kappa shape index (κ3) is 8.31. The minimum absolute atomic E-state index is 0. The van der Waals surface area contributed by atoms with Crippen LogP contribution in [0.2, 0.25) is 0 Å². The van der Waals surface area contributed by atoms with Gasteiger partial charge < -0.3 is 9.52 Å². The summed E-state index contributed by atoms with van der Waals surface area (Å²) in [6.45, 7) is 18.8. The molecular weight excluding hydrogens is 759 g/mol. The van der Waals surface area contributed by atoms with Crippen LogP contribution in [0.4, 0.5) is 0 Å². The summed E-state index contributed by atoms with van der Waals surface area (Å²) >= 11 is 0. The first kappa shape index (κ1) is 37.9. The quantitative estimate of drug-likeness (QED) is 0.0915. The molecule has 0 aliphatic rings. The zero-order chi connectivity index (χ0) is 33.7. The minimum Gasteiger partial charge on any atom is -0.512 e. The Balaban J connectivity index is 0.000000290. The Hall–Kier alpha value is -3.53. The van der Waals surface area contributed by atoms with E-state index in [1.165, 1.54) is 17.0 Å². The van der Waals surface area contributed by atoms with Gasteiger partial charge >= 0.3 is 0 Å². The number of aliphatic hydroxyl groups excluding tert-OH is 1. The van der Waals surface area contributed by atoms with Crippen molar-refractivity contribution >= 4 is 27.5 Å². The molecule has 1 radical (unpaired) electrons. The summed E-state index contributed by atoms with van der Waals surface area (Å²) in [7, 11) is 0. The monoisotopic (exact) mass is 809 g/mol. The molecule has 0 saturated heterocycles. The maximum absolute atomic E-state index is 12.2. The summed E-state index contributed by atoms with van der Waals surface area (Å²) in [5, 5.41) is 13.5. The predicted molar refractivity (Wildman–Crippen MR) is 193 cm³/mol. The number of benzene rings is 3. The number of hydrogen-bond acceptors (Lipinski definition) is 4. The fourth-order valence-electron chi connectivity index (χ4n) is 5.56. The number of furan rings is 1. The van der Waals surface area contributed by atoms with Gasteiger partial charge in [0, 0.05) is 59.9 Å². The molecule has 5 heteroatoms. The number of fused-ring (bicyclic) bond motifs is 2. The number of carbonyl (C=O) groups excluding carboxylic acids is 1. The largest absolute Gasteiger partial charge is 0.512 e. The standard InChI is InChI=1S/C27H22NO.C15H28O2.Ir/c1-27(2,3)23-16-21(15-19-11-7-8-12-22(19)23)25-26-20(13-14-28-25)17-24(29-26)18-9-5-4-6-10-18;1-7-14(5,8-2)12(16)11-13(17)15(6,9-3)10-4;/h4-14,16-17H,1-3H3;11,16H,7-10H2,1-6H3;/q-1;;/b;12-11-;. The molecule has 0 amide bonds. The number of carbonyl (C=O) groups is 1. The smallest absolute Gasteiger partial charge is 0.164 e. The Kier molecular flexibility index (Phi) is 12.6. The van der Waals surface area contributed by atoms with Gasteiger partial charge in [-0.25, -0.2) is 0 Å². The maximum atomic E-state index is 12.2. The van der Waals surface area contributed by atoms with E-state index in [-0.39, 0.29) is 47.9 Å². The Morgan fingerprint density at radius 1 is 0.830 bits per heavy atom. The molecule has 5 aromatic rings. The summed E-state index contributed by atoms with van der Waals surface area (Å²) in [6, 6.07) is 28.5. The first-order valence-electron chi connectivity index (χ1n) is 16.7. The van der Waals surface area contributed by atoms with Crippen molar-refractivity contribution in [3.05, 3.63) is 102 Å². The molecular formula is C42H50IrNO3-. The molecule has 47 heavy (non-hydrogen) atoms. The van der Waals surface area contributed by atoms with Gasteiger partial charge in [-0.05, 0) is 43.2 Å². The molecule has 0 unspecified atom stereocenters. The van der Waals surface area contributed by atoms with E-state index in [4.69, 9.17) is 4.42 Å². The third-order valence-electron chi connectivity index (χ3n) is 9.93. The topological polar surface area (TPSA) is 63.3 Å². The van der Waals surface area contributed by atoms with Crippen LogP contribution in [0.1, 0.15) is 93.6 Å². The van der Waals surface area contributed by atoms with Crippen LogP contribution < -0.4 is 0 Å². The normalized spacial score (nSPS) is 12.4. The SMILES string of the molecule is CC(C)(C)c1cc(-c2nccc3cc(-c4ccccc4)oc23)[c-]c2ccccc12.CCC(C)(CC)C(=O)/C=C(\O)C(C)(CC)CC.[Ir]. The van der Waals surface area contributed by atoms with Crippen molar-refractivity contribution in [2.24, 2.45) is 10.8 Å². The van der Waals surface area contributed by atoms with Crippen molar-refractivity contribution < 1.29 is 34.4 Å². The molecule has 0 atom stereocenters. The van der Waals surface area contributed by atoms with Gasteiger partial charge in [-0.15, -0.1) is 29.1 Å². The molecule has 0 saturated carbocycles. The van der Waals surface area contributed by atoms with E-state index in [2.05, 4.69) is 80.4 Å². The second-order valence-corrected chi connectivity index (χ2v) is 13.9. The minimum atomic E-state index is -0.337. The molecule has 0 fully saturated rings. The maximum Gasteiger partial charge on any atom is 0.164 e. The number of aromatic nitrogens is 1. The zero-order valence-corrected chi connectivity index (χ0v) is 31.9. The van der Waals surface area contributed by atoms with Crippen LogP contribution in [0.15, 0.2) is 95.2 Å². The molecule has 2 aromatic heterocycles. The number of rotatable bonds is 9. The number of aliphatic hydroxyl groups is 1. The summed E-state index contributed by atoms with van der Waals surface area (Å²) in [4.78, 5) is 16.9. The Bertz CT molecular complexity index is 1820. The number of nitrogens with zero attached hydrogens (tertiary/aromatic N) is 1. The van der Waals surface area contributed by atoms with Crippen molar-refractivity contribution in [2.45, 2.75) is 93.4 Å². The van der Waals surface area contributed by atoms with Crippen LogP contribution in [0.5, 0.6) is 0 Å². The van der Waals surface area contributed by atoms with Crippen molar-refractivity contribution in [2.75, 3.05) is 0 Å². The van der Waals surface area contributed by atoms with E-state index in [9.17, 15) is 9.90 Å². The third-order valence-corrected chi connectivity index (χ3v) is 9.93. The molecule has 3 aromatic carbocycles. The second-order valence-electron chi connectivity index (χ2n) is 13.9. The van der Waals surface area contributed by atoms with E-state index in [0.29, 0.717) is 0 Å². The van der Waals surface area contributed by atoms with Crippen LogP contribution in [-0.2, 0) is 30.3 Å². The van der Waals surface area contributed by atoms with E-state index in [1.807, 2.05) is 72.0 Å². The molecule has 5 rings (SSSR count). The van der Waals surface area contributed by atoms with E-state index >= 15 is 0 Å². The van der Waals surface area contributed by atoms with E-state index in [1.54, 1.807) is 0 Å². The second kappa shape index (κ2) is 15.6. The fourth-order valence-corrected chi connectivity index (χ4v) is 5.56. The van der Waals surface area contributed by atoms with Gasteiger partial charge in [0.05, 0.1) is 0 Å². The van der Waals surface area contributed by atoms with Crippen LogP contribution in [-0.4, -0.2) is 15.9 Å². The van der Waals surface area contributed by atoms with Gasteiger partial charge in [0.2, 0.25) is 0 Å². The number of hydrogen-bond donors (Lipinski definition) is 1. The molecule has 0 bridgehead atoms. The van der Waals surface area contributed by atoms with Crippen LogP contribution >= 0.6 is 0 Å². The van der Waals surface area contributed by atoms with Gasteiger partial charge in [-0.2, -0.15) is 0 Å². The summed E-state index contributed by atoms with van der Waals surface area (Å²) < 4.78 is 6.29. The van der Waals surface area contributed by atoms with Crippen molar-refractivity contribution in [1.82, 2.24) is 4.98 Å². The van der Waals surface area contributed by atoms with E-state index in [0.717, 1.165) is 64.6 Å². The Morgan fingerprint density at radius 2 is 1.43 bits per heavy atom. The van der Waals surface area contributed by atoms with Crippen molar-refractivity contribution in [3.8, 4) is 22.6 Å². The molecule has 251 valence electrons. The summed E-state index contributed by atoms with van der Waals surface area (Å²) in [6.07, 6.45) is 6.60. The summed E-state index contributed by atoms with van der Waals surface area (Å²) in [5.74, 6) is 1.14. The van der Waals surface area contributed by atoms with Crippen molar-refractivity contribution in [3.63, 3.8) is 0 Å².